The molecule has 3 aromatic rings. The van der Waals surface area contributed by atoms with Gasteiger partial charge in [-0.05, 0) is 17.2 Å². The van der Waals surface area contributed by atoms with E-state index in [4.69, 9.17) is 0 Å². The number of rotatable bonds is 3. The van der Waals surface area contributed by atoms with E-state index in [1.807, 2.05) is 48.5 Å². The summed E-state index contributed by atoms with van der Waals surface area (Å²) in [5.41, 5.74) is 3.00. The highest BCUT2D eigenvalue weighted by Crippen LogP contribution is 2.41. The smallest absolute Gasteiger partial charge is 0.258 e. The van der Waals surface area contributed by atoms with Crippen molar-refractivity contribution in [3.63, 3.8) is 0 Å². The molecule has 1 aliphatic rings. The molecule has 0 aromatic heterocycles. The van der Waals surface area contributed by atoms with E-state index in [1.54, 1.807) is 0 Å². The molecule has 0 spiro atoms. The Balaban J connectivity index is 2.00. The highest BCUT2D eigenvalue weighted by atomic mass is 16.6. The van der Waals surface area contributed by atoms with Crippen molar-refractivity contribution in [2.75, 3.05) is 0 Å². The molecule has 0 saturated carbocycles. The Morgan fingerprint density at radius 3 is 1.69 bits per heavy atom. The van der Waals surface area contributed by atoms with Gasteiger partial charge in [-0.25, -0.2) is 4.99 Å². The normalized spacial score (nSPS) is 11.6. The number of nitrogens with zero attached hydrogens (tertiary/aromatic N) is 3. The number of hydrogen-bond acceptors (Lipinski definition) is 5. The molecule has 0 saturated heterocycles. The molecule has 0 N–H and O–H groups in total. The summed E-state index contributed by atoms with van der Waals surface area (Å²) in [5, 5.41) is 22.6. The molecule has 0 amide bonds. The lowest BCUT2D eigenvalue weighted by atomic mass is 10.1. The van der Waals surface area contributed by atoms with E-state index >= 15 is 0 Å². The first-order valence-corrected chi connectivity index (χ1v) is 7.77. The van der Waals surface area contributed by atoms with Gasteiger partial charge in [-0.15, -0.1) is 0 Å². The van der Waals surface area contributed by atoms with Crippen LogP contribution in [0.2, 0.25) is 0 Å². The summed E-state index contributed by atoms with van der Waals surface area (Å²) < 4.78 is 0. The minimum atomic E-state index is -0.766. The van der Waals surface area contributed by atoms with Crippen molar-refractivity contribution in [3.05, 3.63) is 98.1 Å². The molecular formula is C19H11N3O4. The second-order valence-corrected chi connectivity index (χ2v) is 5.71. The lowest BCUT2D eigenvalue weighted by Crippen LogP contribution is -2.00. The van der Waals surface area contributed by atoms with Crippen LogP contribution in [0.15, 0.2) is 71.7 Å². The Kier molecular flexibility index (Phi) is 3.54. The Labute approximate surface area is 147 Å². The van der Waals surface area contributed by atoms with E-state index < -0.39 is 21.2 Å². The van der Waals surface area contributed by atoms with E-state index in [9.17, 15) is 20.2 Å². The van der Waals surface area contributed by atoms with E-state index in [0.717, 1.165) is 28.3 Å². The molecule has 0 radical (unpaired) electrons. The minimum absolute atomic E-state index is 0.0364. The van der Waals surface area contributed by atoms with Crippen molar-refractivity contribution in [2.24, 2.45) is 4.99 Å². The highest BCUT2D eigenvalue weighted by Gasteiger charge is 2.30. The zero-order valence-corrected chi connectivity index (χ0v) is 13.3. The maximum atomic E-state index is 11.4. The lowest BCUT2D eigenvalue weighted by molar-refractivity contribution is -0.421. The summed E-state index contributed by atoms with van der Waals surface area (Å²) in [5.74, 6) is 0. The van der Waals surface area contributed by atoms with Crippen molar-refractivity contribution in [3.8, 4) is 11.1 Å². The topological polar surface area (TPSA) is 98.6 Å². The van der Waals surface area contributed by atoms with Crippen LogP contribution in [0.25, 0.3) is 11.1 Å². The van der Waals surface area contributed by atoms with Gasteiger partial charge in [0.15, 0.2) is 0 Å². The third kappa shape index (κ3) is 2.34. The molecule has 0 aliphatic heterocycles. The lowest BCUT2D eigenvalue weighted by Gasteiger charge is -2.03. The van der Waals surface area contributed by atoms with E-state index in [-0.39, 0.29) is 5.69 Å². The second kappa shape index (κ2) is 5.89. The van der Waals surface area contributed by atoms with Gasteiger partial charge in [-0.3, -0.25) is 20.2 Å². The molecule has 126 valence electrons. The van der Waals surface area contributed by atoms with Crippen LogP contribution in [-0.2, 0) is 0 Å². The number of hydrogen-bond donors (Lipinski definition) is 0. The SMILES string of the molecule is O=[N+]([O-])c1cccc(N=C2c3ccccc3-c3ccccc32)c1[N+](=O)[O-]. The van der Waals surface area contributed by atoms with Crippen LogP contribution >= 0.6 is 0 Å². The number of fused-ring (bicyclic) bond motifs is 3. The number of nitro groups is 2. The van der Waals surface area contributed by atoms with Gasteiger partial charge < -0.3 is 0 Å². The third-order valence-corrected chi connectivity index (χ3v) is 4.26. The van der Waals surface area contributed by atoms with Crippen molar-refractivity contribution in [1.29, 1.82) is 0 Å². The molecule has 7 nitrogen and oxygen atoms in total. The van der Waals surface area contributed by atoms with Gasteiger partial charge in [-0.2, -0.15) is 0 Å². The average molecular weight is 345 g/mol. The minimum Gasteiger partial charge on any atom is -0.258 e. The van der Waals surface area contributed by atoms with Gasteiger partial charge in [0, 0.05) is 17.2 Å². The molecular weight excluding hydrogens is 334 g/mol. The molecule has 0 bridgehead atoms. The Morgan fingerprint density at radius 1 is 0.654 bits per heavy atom. The first-order valence-electron chi connectivity index (χ1n) is 7.77. The molecule has 4 rings (SSSR count). The molecule has 7 heteroatoms. The average Bonchev–Trinajstić information content (AvgIpc) is 2.96. The summed E-state index contributed by atoms with van der Waals surface area (Å²) in [6.45, 7) is 0. The van der Waals surface area contributed by atoms with Gasteiger partial charge >= 0.3 is 11.4 Å². The zero-order chi connectivity index (χ0) is 18.3. The molecule has 0 atom stereocenters. The fraction of sp³-hybridized carbons (Fsp3) is 0. The van der Waals surface area contributed by atoms with Crippen molar-refractivity contribution >= 4 is 22.8 Å². The van der Waals surface area contributed by atoms with Gasteiger partial charge in [0.25, 0.3) is 0 Å². The maximum Gasteiger partial charge on any atom is 0.371 e. The first kappa shape index (κ1) is 15.6. The fourth-order valence-electron chi connectivity index (χ4n) is 3.18. The molecule has 26 heavy (non-hydrogen) atoms. The first-order chi connectivity index (χ1) is 12.6. The molecule has 3 aromatic carbocycles. The Bertz CT molecular complexity index is 1060. The van der Waals surface area contributed by atoms with Gasteiger partial charge in [0.1, 0.15) is 5.69 Å². The summed E-state index contributed by atoms with van der Waals surface area (Å²) in [6, 6.07) is 19.2. The monoisotopic (exact) mass is 345 g/mol. The van der Waals surface area contributed by atoms with E-state index in [1.165, 1.54) is 12.1 Å². The summed E-state index contributed by atoms with van der Waals surface area (Å²) in [4.78, 5) is 25.6. The van der Waals surface area contributed by atoms with E-state index in [2.05, 4.69) is 4.99 Å². The molecule has 1 aliphatic carbocycles. The fourth-order valence-corrected chi connectivity index (χ4v) is 3.18. The second-order valence-electron chi connectivity index (χ2n) is 5.71. The van der Waals surface area contributed by atoms with E-state index in [0.29, 0.717) is 5.71 Å². The van der Waals surface area contributed by atoms with Crippen LogP contribution in [0.4, 0.5) is 17.1 Å². The summed E-state index contributed by atoms with van der Waals surface area (Å²) >= 11 is 0. The molecule has 0 heterocycles. The van der Waals surface area contributed by atoms with Crippen molar-refractivity contribution in [2.45, 2.75) is 0 Å². The van der Waals surface area contributed by atoms with Crippen molar-refractivity contribution < 1.29 is 9.85 Å². The number of para-hydroxylation sites is 1. The Morgan fingerprint density at radius 2 is 1.19 bits per heavy atom. The van der Waals surface area contributed by atoms with Gasteiger partial charge in [-0.1, -0.05) is 54.6 Å². The van der Waals surface area contributed by atoms with Crippen LogP contribution < -0.4 is 0 Å². The van der Waals surface area contributed by atoms with Crippen LogP contribution in [0.3, 0.4) is 0 Å². The number of nitro benzene ring substituents is 2. The predicted molar refractivity (Wildman–Crippen MR) is 96.9 cm³/mol. The highest BCUT2D eigenvalue weighted by molar-refractivity contribution is 6.25. The zero-order valence-electron chi connectivity index (χ0n) is 13.3. The quantitative estimate of drug-likeness (QED) is 0.398. The summed E-state index contributed by atoms with van der Waals surface area (Å²) in [6.07, 6.45) is 0. The Hall–Kier alpha value is -3.87. The standard InChI is InChI=1S/C19H11N3O4/c23-21(24)17-11-5-10-16(19(17)22(25)26)20-18-14-8-3-1-6-12(14)13-7-2-4-9-15(13)18/h1-11H. The largest absolute Gasteiger partial charge is 0.371 e. The molecule has 0 unspecified atom stereocenters. The van der Waals surface area contributed by atoms with Crippen molar-refractivity contribution in [1.82, 2.24) is 0 Å². The summed E-state index contributed by atoms with van der Waals surface area (Å²) in [7, 11) is 0. The third-order valence-electron chi connectivity index (χ3n) is 4.26. The van der Waals surface area contributed by atoms with Gasteiger partial charge in [0.2, 0.25) is 0 Å². The van der Waals surface area contributed by atoms with Crippen LogP contribution in [0, 0.1) is 20.2 Å². The van der Waals surface area contributed by atoms with Crippen LogP contribution in [0.1, 0.15) is 11.1 Å². The number of benzene rings is 3. The predicted octanol–water partition coefficient (Wildman–Crippen LogP) is 4.65. The number of aliphatic imine (C=N–C) groups is 1. The van der Waals surface area contributed by atoms with Crippen LogP contribution in [-0.4, -0.2) is 15.6 Å². The van der Waals surface area contributed by atoms with Gasteiger partial charge in [0.05, 0.1) is 15.6 Å². The van der Waals surface area contributed by atoms with Crippen LogP contribution in [0.5, 0.6) is 0 Å². The molecule has 0 fully saturated rings. The maximum absolute atomic E-state index is 11.4.